The van der Waals surface area contributed by atoms with Crippen molar-refractivity contribution in [1.82, 2.24) is 14.8 Å². The zero-order chi connectivity index (χ0) is 22.0. The van der Waals surface area contributed by atoms with Crippen LogP contribution in [0.25, 0.3) is 11.3 Å². The highest BCUT2D eigenvalue weighted by Gasteiger charge is 2.25. The number of carbonyl (C=O) groups excluding carboxylic acids is 2. The standard InChI is InChI=1S/C22H23FN4O3S/c1-14-11-18(15(2)30-14)21(29)27-9-7-26(8-10-27)12-20(28)25-22-24-19(13-31-22)16-3-5-17(23)6-4-16/h3-6,11,13H,7-10,12H2,1-2H3,(H,24,25,28). The molecule has 31 heavy (non-hydrogen) atoms. The van der Waals surface area contributed by atoms with Crippen LogP contribution in [0.2, 0.25) is 0 Å². The molecule has 9 heteroatoms. The lowest BCUT2D eigenvalue weighted by atomic mass is 10.2. The van der Waals surface area contributed by atoms with Gasteiger partial charge in [0.1, 0.15) is 17.3 Å². The first-order valence-corrected chi connectivity index (χ1v) is 10.9. The monoisotopic (exact) mass is 442 g/mol. The Morgan fingerprint density at radius 3 is 2.52 bits per heavy atom. The lowest BCUT2D eigenvalue weighted by molar-refractivity contribution is -0.117. The Morgan fingerprint density at radius 2 is 1.87 bits per heavy atom. The molecule has 1 aromatic carbocycles. The number of carbonyl (C=O) groups is 2. The molecule has 1 N–H and O–H groups in total. The Bertz CT molecular complexity index is 1080. The molecule has 1 fully saturated rings. The maximum Gasteiger partial charge on any atom is 0.257 e. The summed E-state index contributed by atoms with van der Waals surface area (Å²) in [6.45, 7) is 6.20. The van der Waals surface area contributed by atoms with Gasteiger partial charge in [-0.05, 0) is 44.2 Å². The molecular formula is C22H23FN4O3S. The number of piperazine rings is 1. The quantitative estimate of drug-likeness (QED) is 0.654. The zero-order valence-electron chi connectivity index (χ0n) is 17.4. The number of nitrogens with one attached hydrogen (secondary N) is 1. The molecule has 1 aliphatic rings. The predicted molar refractivity (Wildman–Crippen MR) is 117 cm³/mol. The molecule has 0 spiro atoms. The third-order valence-corrected chi connectivity index (χ3v) is 5.95. The molecule has 162 valence electrons. The van der Waals surface area contributed by atoms with E-state index in [0.29, 0.717) is 48.3 Å². The molecule has 0 radical (unpaired) electrons. The van der Waals surface area contributed by atoms with Gasteiger partial charge in [-0.2, -0.15) is 0 Å². The van der Waals surface area contributed by atoms with E-state index in [1.54, 1.807) is 30.0 Å². The molecule has 1 aliphatic heterocycles. The highest BCUT2D eigenvalue weighted by molar-refractivity contribution is 7.14. The molecule has 3 heterocycles. The number of halogens is 1. The SMILES string of the molecule is Cc1cc(C(=O)N2CCN(CC(=O)Nc3nc(-c4ccc(F)cc4)cs3)CC2)c(C)o1. The van der Waals surface area contributed by atoms with Crippen LogP contribution in [0.5, 0.6) is 0 Å². The Kier molecular flexibility index (Phi) is 6.15. The minimum atomic E-state index is -0.302. The summed E-state index contributed by atoms with van der Waals surface area (Å²) in [4.78, 5) is 33.3. The van der Waals surface area contributed by atoms with Gasteiger partial charge in [-0.25, -0.2) is 9.37 Å². The van der Waals surface area contributed by atoms with Crippen LogP contribution in [0.3, 0.4) is 0 Å². The summed E-state index contributed by atoms with van der Waals surface area (Å²) in [5, 5.41) is 5.15. The number of benzene rings is 1. The van der Waals surface area contributed by atoms with Gasteiger partial charge < -0.3 is 14.6 Å². The number of amides is 2. The van der Waals surface area contributed by atoms with Crippen molar-refractivity contribution >= 4 is 28.3 Å². The van der Waals surface area contributed by atoms with E-state index in [1.807, 2.05) is 17.2 Å². The molecular weight excluding hydrogens is 419 g/mol. The molecule has 7 nitrogen and oxygen atoms in total. The summed E-state index contributed by atoms with van der Waals surface area (Å²) >= 11 is 1.33. The lowest BCUT2D eigenvalue weighted by Gasteiger charge is -2.34. The number of thiazole rings is 1. The Morgan fingerprint density at radius 1 is 1.16 bits per heavy atom. The molecule has 2 aromatic heterocycles. The van der Waals surface area contributed by atoms with Crippen LogP contribution in [0.15, 0.2) is 40.1 Å². The number of furan rings is 1. The van der Waals surface area contributed by atoms with Crippen molar-refractivity contribution < 1.29 is 18.4 Å². The van der Waals surface area contributed by atoms with Crippen molar-refractivity contribution in [3.05, 3.63) is 58.6 Å². The largest absolute Gasteiger partial charge is 0.466 e. The van der Waals surface area contributed by atoms with E-state index in [0.717, 1.165) is 11.3 Å². The normalized spacial score (nSPS) is 14.6. The first-order chi connectivity index (χ1) is 14.9. The maximum atomic E-state index is 13.1. The van der Waals surface area contributed by atoms with E-state index < -0.39 is 0 Å². The Hall–Kier alpha value is -3.04. The molecule has 0 unspecified atom stereocenters. The minimum Gasteiger partial charge on any atom is -0.466 e. The second-order valence-corrected chi connectivity index (χ2v) is 8.35. The second kappa shape index (κ2) is 8.99. The second-order valence-electron chi connectivity index (χ2n) is 7.49. The van der Waals surface area contributed by atoms with E-state index >= 15 is 0 Å². The molecule has 0 atom stereocenters. The van der Waals surface area contributed by atoms with Crippen molar-refractivity contribution in [2.45, 2.75) is 13.8 Å². The van der Waals surface area contributed by atoms with E-state index in [9.17, 15) is 14.0 Å². The minimum absolute atomic E-state index is 0.0328. The molecule has 4 rings (SSSR count). The highest BCUT2D eigenvalue weighted by Crippen LogP contribution is 2.25. The van der Waals surface area contributed by atoms with Crippen LogP contribution in [0, 0.1) is 19.7 Å². The van der Waals surface area contributed by atoms with E-state index in [-0.39, 0.29) is 24.2 Å². The smallest absolute Gasteiger partial charge is 0.257 e. The van der Waals surface area contributed by atoms with Crippen molar-refractivity contribution in [2.75, 3.05) is 38.0 Å². The fourth-order valence-electron chi connectivity index (χ4n) is 3.57. The van der Waals surface area contributed by atoms with E-state index in [2.05, 4.69) is 10.3 Å². The zero-order valence-corrected chi connectivity index (χ0v) is 18.2. The van der Waals surface area contributed by atoms with Crippen LogP contribution in [0.4, 0.5) is 9.52 Å². The highest BCUT2D eigenvalue weighted by atomic mass is 32.1. The van der Waals surface area contributed by atoms with Crippen LogP contribution in [-0.4, -0.2) is 59.3 Å². The van der Waals surface area contributed by atoms with Crippen LogP contribution < -0.4 is 5.32 Å². The van der Waals surface area contributed by atoms with Gasteiger partial charge in [0.25, 0.3) is 5.91 Å². The van der Waals surface area contributed by atoms with Gasteiger partial charge in [0.15, 0.2) is 5.13 Å². The molecule has 3 aromatic rings. The topological polar surface area (TPSA) is 78.7 Å². The summed E-state index contributed by atoms with van der Waals surface area (Å²) < 4.78 is 18.5. The number of aryl methyl sites for hydroxylation is 2. The molecule has 0 aliphatic carbocycles. The van der Waals surface area contributed by atoms with Crippen molar-refractivity contribution in [3.63, 3.8) is 0 Å². The van der Waals surface area contributed by atoms with Crippen molar-refractivity contribution in [2.24, 2.45) is 0 Å². The summed E-state index contributed by atoms with van der Waals surface area (Å²) in [6.07, 6.45) is 0. The Balaban J connectivity index is 1.27. The first-order valence-electron chi connectivity index (χ1n) is 9.99. The summed E-state index contributed by atoms with van der Waals surface area (Å²) in [5.41, 5.74) is 2.09. The predicted octanol–water partition coefficient (Wildman–Crippen LogP) is 3.56. The fourth-order valence-corrected chi connectivity index (χ4v) is 4.30. The molecule has 1 saturated heterocycles. The van der Waals surface area contributed by atoms with E-state index in [1.165, 1.54) is 23.5 Å². The van der Waals surface area contributed by atoms with Gasteiger partial charge in [0.05, 0.1) is 17.8 Å². The maximum absolute atomic E-state index is 13.1. The number of hydrogen-bond acceptors (Lipinski definition) is 6. The molecule has 0 saturated carbocycles. The average Bonchev–Trinajstić information content (AvgIpc) is 3.34. The molecule has 0 bridgehead atoms. The summed E-state index contributed by atoms with van der Waals surface area (Å²) in [7, 11) is 0. The third-order valence-electron chi connectivity index (χ3n) is 5.19. The molecule has 2 amide bonds. The number of aromatic nitrogens is 1. The van der Waals surface area contributed by atoms with Crippen molar-refractivity contribution in [3.8, 4) is 11.3 Å². The first kappa shape index (κ1) is 21.2. The number of hydrogen-bond donors (Lipinski definition) is 1. The van der Waals surface area contributed by atoms with Crippen LogP contribution >= 0.6 is 11.3 Å². The van der Waals surface area contributed by atoms with Gasteiger partial charge >= 0.3 is 0 Å². The van der Waals surface area contributed by atoms with Gasteiger partial charge in [-0.15, -0.1) is 11.3 Å². The Labute approximate surface area is 183 Å². The van der Waals surface area contributed by atoms with Gasteiger partial charge in [-0.1, -0.05) is 0 Å². The fraction of sp³-hybridized carbons (Fsp3) is 0.318. The average molecular weight is 443 g/mol. The summed E-state index contributed by atoms with van der Waals surface area (Å²) in [6, 6.07) is 7.84. The summed E-state index contributed by atoms with van der Waals surface area (Å²) in [5.74, 6) is 0.869. The van der Waals surface area contributed by atoms with Crippen LogP contribution in [-0.2, 0) is 4.79 Å². The number of anilines is 1. The lowest BCUT2D eigenvalue weighted by Crippen LogP contribution is -2.50. The van der Waals surface area contributed by atoms with Gasteiger partial charge in [0.2, 0.25) is 5.91 Å². The third kappa shape index (κ3) is 5.00. The van der Waals surface area contributed by atoms with Gasteiger partial charge in [0, 0.05) is 37.1 Å². The van der Waals surface area contributed by atoms with E-state index in [4.69, 9.17) is 4.42 Å². The number of nitrogens with zero attached hydrogens (tertiary/aromatic N) is 3. The van der Waals surface area contributed by atoms with Gasteiger partial charge in [-0.3, -0.25) is 14.5 Å². The van der Waals surface area contributed by atoms with Crippen molar-refractivity contribution in [1.29, 1.82) is 0 Å². The van der Waals surface area contributed by atoms with Crippen LogP contribution in [0.1, 0.15) is 21.9 Å². The number of rotatable bonds is 5.